The van der Waals surface area contributed by atoms with Gasteiger partial charge in [0.05, 0.1) is 5.56 Å². The van der Waals surface area contributed by atoms with Crippen LogP contribution in [0.15, 0.2) is 54.1 Å². The predicted octanol–water partition coefficient (Wildman–Crippen LogP) is 2.94. The largest absolute Gasteiger partial charge is 0.458 e. The van der Waals surface area contributed by atoms with E-state index in [0.29, 0.717) is 0 Å². The van der Waals surface area contributed by atoms with E-state index in [1.54, 1.807) is 32.0 Å². The Labute approximate surface area is 279 Å². The van der Waals surface area contributed by atoms with Crippen LogP contribution in [0.2, 0.25) is 0 Å². The average Bonchev–Trinajstić information content (AvgIpc) is 3.16. The van der Waals surface area contributed by atoms with Crippen molar-refractivity contribution in [2.45, 2.75) is 110 Å². The molecule has 13 heteroatoms. The van der Waals surface area contributed by atoms with Gasteiger partial charge in [0.25, 0.3) is 0 Å². The second kappa shape index (κ2) is 14.0. The molecule has 1 saturated carbocycles. The lowest BCUT2D eigenvalue weighted by molar-refractivity contribution is -0.207. The molecule has 0 spiro atoms. The molecule has 262 valence electrons. The fraction of sp³-hybridized carbons (Fsp3) is 0.543. The summed E-state index contributed by atoms with van der Waals surface area (Å²) in [7, 11) is 0. The van der Waals surface area contributed by atoms with E-state index in [-0.39, 0.29) is 11.1 Å². The lowest BCUT2D eigenvalue weighted by Gasteiger charge is -2.43. The lowest BCUT2D eigenvalue weighted by atomic mass is 9.75. The van der Waals surface area contributed by atoms with Gasteiger partial charge < -0.3 is 33.9 Å². The Morgan fingerprint density at radius 3 is 1.83 bits per heavy atom. The standard InChI is InChI=1S/C35H44O13/c1-19-15-16-32(6,7)29(45-21(3)37)26(44-20(2)36)30(46-22(4)38)33(8,42)17-25-28(47-31(41)24-13-11-10-12-14-24)34(9,48-23(5)39)18-35(25,43)27(19)40/h10-17,19,26,28-30,42-43H,18H2,1-9H3/b16-15+,25-17+/t19-,26+,28+,29+,30+,33+,34+,35+/m1/s1. The first-order valence-electron chi connectivity index (χ1n) is 15.4. The summed E-state index contributed by atoms with van der Waals surface area (Å²) >= 11 is 0. The molecule has 8 atom stereocenters. The van der Waals surface area contributed by atoms with Crippen LogP contribution in [0.3, 0.4) is 0 Å². The SMILES string of the molecule is CC(=O)O[C@H]1[C@H](OC(C)=O)C(C)(C)/C=C/[C@@H](C)C(=O)[C@]2(O)C[C@](C)(OC(C)=O)[C@@H](OC(=O)c3ccccc3)/C2=C\[C@](C)(O)[C@H]1OC(C)=O. The number of allylic oxidation sites excluding steroid dienone is 1. The van der Waals surface area contributed by atoms with Gasteiger partial charge in [-0.2, -0.15) is 0 Å². The molecular formula is C35H44O13. The van der Waals surface area contributed by atoms with Gasteiger partial charge in [-0.05, 0) is 32.1 Å². The van der Waals surface area contributed by atoms with Gasteiger partial charge in [0.2, 0.25) is 0 Å². The van der Waals surface area contributed by atoms with Crippen LogP contribution < -0.4 is 0 Å². The molecule has 0 bridgehead atoms. The quantitative estimate of drug-likeness (QED) is 0.255. The number of ether oxygens (including phenoxy) is 5. The summed E-state index contributed by atoms with van der Waals surface area (Å²) in [5.41, 5.74) is -8.34. The highest BCUT2D eigenvalue weighted by molar-refractivity contribution is 5.95. The third-order valence-electron chi connectivity index (χ3n) is 8.41. The Bertz CT molecular complexity index is 1510. The highest BCUT2D eigenvalue weighted by Crippen LogP contribution is 2.50. The van der Waals surface area contributed by atoms with Crippen LogP contribution in [0.4, 0.5) is 0 Å². The first-order chi connectivity index (χ1) is 22.0. The summed E-state index contributed by atoms with van der Waals surface area (Å²) in [5, 5.41) is 24.6. The topological polar surface area (TPSA) is 189 Å². The second-order valence-electron chi connectivity index (χ2n) is 13.4. The van der Waals surface area contributed by atoms with Gasteiger partial charge in [-0.3, -0.25) is 24.0 Å². The summed E-state index contributed by atoms with van der Waals surface area (Å²) in [5.74, 6) is -6.17. The molecule has 0 radical (unpaired) electrons. The Hall–Kier alpha value is -4.36. The number of fused-ring (bicyclic) bond motifs is 1. The summed E-state index contributed by atoms with van der Waals surface area (Å²) in [6, 6.07) is 7.78. The Morgan fingerprint density at radius 1 is 0.771 bits per heavy atom. The van der Waals surface area contributed by atoms with Crippen molar-refractivity contribution < 1.29 is 62.7 Å². The third-order valence-corrected chi connectivity index (χ3v) is 8.41. The predicted molar refractivity (Wildman–Crippen MR) is 168 cm³/mol. The van der Waals surface area contributed by atoms with Gasteiger partial charge in [0.1, 0.15) is 5.60 Å². The van der Waals surface area contributed by atoms with E-state index >= 15 is 0 Å². The number of hydrogen-bond acceptors (Lipinski definition) is 13. The highest BCUT2D eigenvalue weighted by atomic mass is 16.6. The number of aliphatic hydroxyl groups is 2. The first-order valence-corrected chi connectivity index (χ1v) is 15.4. The van der Waals surface area contributed by atoms with E-state index in [4.69, 9.17) is 23.7 Å². The van der Waals surface area contributed by atoms with Gasteiger partial charge in [-0.15, -0.1) is 0 Å². The minimum Gasteiger partial charge on any atom is -0.458 e. The van der Waals surface area contributed by atoms with Crippen LogP contribution in [0.25, 0.3) is 0 Å². The Kier molecular flexibility index (Phi) is 11.1. The number of ketones is 1. The van der Waals surface area contributed by atoms with Gasteiger partial charge >= 0.3 is 29.8 Å². The monoisotopic (exact) mass is 672 g/mol. The van der Waals surface area contributed by atoms with Crippen LogP contribution in [0.5, 0.6) is 0 Å². The molecule has 0 aromatic heterocycles. The molecule has 0 amide bonds. The highest BCUT2D eigenvalue weighted by Gasteiger charge is 2.64. The smallest absolute Gasteiger partial charge is 0.338 e. The van der Waals surface area contributed by atoms with Crippen molar-refractivity contribution in [2.75, 3.05) is 0 Å². The molecular weight excluding hydrogens is 628 g/mol. The van der Waals surface area contributed by atoms with Crippen LogP contribution >= 0.6 is 0 Å². The molecule has 1 aromatic carbocycles. The summed E-state index contributed by atoms with van der Waals surface area (Å²) in [4.78, 5) is 77.5. The van der Waals surface area contributed by atoms with Crippen molar-refractivity contribution in [1.29, 1.82) is 0 Å². The maximum Gasteiger partial charge on any atom is 0.338 e. The van der Waals surface area contributed by atoms with E-state index in [2.05, 4.69) is 0 Å². The van der Waals surface area contributed by atoms with Crippen molar-refractivity contribution in [3.8, 4) is 0 Å². The van der Waals surface area contributed by atoms with E-state index in [9.17, 15) is 39.0 Å². The van der Waals surface area contributed by atoms with E-state index < -0.39 is 94.6 Å². The van der Waals surface area contributed by atoms with Crippen molar-refractivity contribution in [2.24, 2.45) is 11.3 Å². The van der Waals surface area contributed by atoms with Gasteiger partial charge in [-0.1, -0.05) is 51.1 Å². The number of benzene rings is 1. The molecule has 0 saturated heterocycles. The summed E-state index contributed by atoms with van der Waals surface area (Å²) in [6.07, 6.45) is -3.21. The zero-order valence-electron chi connectivity index (χ0n) is 28.6. The summed E-state index contributed by atoms with van der Waals surface area (Å²) < 4.78 is 28.3. The molecule has 1 fully saturated rings. The van der Waals surface area contributed by atoms with Crippen molar-refractivity contribution >= 4 is 35.6 Å². The zero-order valence-corrected chi connectivity index (χ0v) is 28.6. The second-order valence-corrected chi connectivity index (χ2v) is 13.4. The van der Waals surface area contributed by atoms with Gasteiger partial charge in [0, 0.05) is 51.0 Å². The molecule has 13 nitrogen and oxygen atoms in total. The molecule has 0 aliphatic heterocycles. The Morgan fingerprint density at radius 2 is 1.31 bits per heavy atom. The van der Waals surface area contributed by atoms with Crippen LogP contribution in [0, 0.1) is 11.3 Å². The minimum atomic E-state index is -2.52. The number of carbonyl (C=O) groups excluding carboxylic acids is 6. The van der Waals surface area contributed by atoms with Crippen molar-refractivity contribution in [3.63, 3.8) is 0 Å². The Balaban J connectivity index is 2.43. The molecule has 48 heavy (non-hydrogen) atoms. The molecule has 0 heterocycles. The maximum absolute atomic E-state index is 14.2. The van der Waals surface area contributed by atoms with Crippen molar-refractivity contribution in [3.05, 3.63) is 59.7 Å². The molecule has 1 aromatic rings. The van der Waals surface area contributed by atoms with Gasteiger partial charge in [0.15, 0.2) is 41.4 Å². The van der Waals surface area contributed by atoms with Gasteiger partial charge in [-0.25, -0.2) is 4.79 Å². The van der Waals surface area contributed by atoms with Crippen LogP contribution in [-0.2, 0) is 47.7 Å². The molecule has 2 aliphatic rings. The molecule has 0 unspecified atom stereocenters. The normalized spacial score (nSPS) is 34.9. The fourth-order valence-electron chi connectivity index (χ4n) is 6.37. The number of rotatable bonds is 6. The average molecular weight is 673 g/mol. The number of hydrogen-bond donors (Lipinski definition) is 2. The molecule has 2 N–H and O–H groups in total. The number of carbonyl (C=O) groups is 6. The van der Waals surface area contributed by atoms with E-state index in [1.807, 2.05) is 0 Å². The molecule has 2 aliphatic carbocycles. The first kappa shape index (κ1) is 38.1. The van der Waals surface area contributed by atoms with E-state index in [0.717, 1.165) is 40.7 Å². The fourth-order valence-corrected chi connectivity index (χ4v) is 6.37. The van der Waals surface area contributed by atoms with Crippen LogP contribution in [-0.4, -0.2) is 87.1 Å². The zero-order chi connectivity index (χ0) is 36.4. The lowest BCUT2D eigenvalue weighted by Crippen LogP contribution is -2.59. The maximum atomic E-state index is 14.2. The van der Waals surface area contributed by atoms with Crippen molar-refractivity contribution in [1.82, 2.24) is 0 Å². The number of esters is 5. The molecule has 3 rings (SSSR count). The minimum absolute atomic E-state index is 0.0976. The van der Waals surface area contributed by atoms with Crippen LogP contribution in [0.1, 0.15) is 79.1 Å². The number of Topliss-reactive ketones (excluding diaryl/α,β-unsaturated/α-hetero) is 1. The summed E-state index contributed by atoms with van der Waals surface area (Å²) in [6.45, 7) is 11.6. The van der Waals surface area contributed by atoms with E-state index in [1.165, 1.54) is 38.1 Å². The third kappa shape index (κ3) is 8.19.